The Bertz CT molecular complexity index is 199. The molecular formula is C6H7N3O. The minimum atomic E-state index is 0.101. The van der Waals surface area contributed by atoms with Crippen molar-refractivity contribution in [2.45, 2.75) is 0 Å². The van der Waals surface area contributed by atoms with Crippen LogP contribution in [0.1, 0.15) is 0 Å². The Balaban J connectivity index is 2.50. The van der Waals surface area contributed by atoms with Crippen LogP contribution in [-0.2, 0) is 0 Å². The van der Waals surface area contributed by atoms with Crippen molar-refractivity contribution in [2.24, 2.45) is 5.18 Å². The number of nitroso groups, excluding NO2 is 1. The highest BCUT2D eigenvalue weighted by atomic mass is 16.3. The number of anilines is 1. The van der Waals surface area contributed by atoms with E-state index in [-0.39, 0.29) is 6.67 Å². The maximum Gasteiger partial charge on any atom is 0.150 e. The van der Waals surface area contributed by atoms with E-state index in [9.17, 15) is 4.91 Å². The molecule has 0 aromatic carbocycles. The van der Waals surface area contributed by atoms with Crippen LogP contribution >= 0.6 is 0 Å². The number of hydrogen-bond donors (Lipinski definition) is 1. The van der Waals surface area contributed by atoms with Crippen LogP contribution in [0.15, 0.2) is 29.7 Å². The van der Waals surface area contributed by atoms with Crippen LogP contribution in [0.25, 0.3) is 0 Å². The molecule has 0 saturated carbocycles. The Morgan fingerprint density at radius 1 is 1.50 bits per heavy atom. The van der Waals surface area contributed by atoms with Crippen LogP contribution in [-0.4, -0.2) is 11.7 Å². The van der Waals surface area contributed by atoms with Crippen molar-refractivity contribution >= 4 is 5.69 Å². The molecule has 52 valence electrons. The molecule has 0 aliphatic rings. The third-order valence-electron chi connectivity index (χ3n) is 1.03. The second-order valence-corrected chi connectivity index (χ2v) is 1.70. The summed E-state index contributed by atoms with van der Waals surface area (Å²) in [5.74, 6) is 0. The van der Waals surface area contributed by atoms with E-state index in [1.165, 1.54) is 0 Å². The quantitative estimate of drug-likeness (QED) is 0.637. The predicted octanol–water partition coefficient (Wildman–Crippen LogP) is 1.22. The Morgan fingerprint density at radius 2 is 2.20 bits per heavy atom. The molecule has 0 unspecified atom stereocenters. The molecule has 1 rings (SSSR count). The van der Waals surface area contributed by atoms with E-state index >= 15 is 0 Å². The summed E-state index contributed by atoms with van der Waals surface area (Å²) < 4.78 is 0. The van der Waals surface area contributed by atoms with Crippen molar-refractivity contribution in [3.8, 4) is 0 Å². The number of rotatable bonds is 3. The fraction of sp³-hybridized carbons (Fsp3) is 0.167. The van der Waals surface area contributed by atoms with Crippen molar-refractivity contribution in [2.75, 3.05) is 12.0 Å². The van der Waals surface area contributed by atoms with Crippen LogP contribution in [0.2, 0.25) is 0 Å². The molecule has 10 heavy (non-hydrogen) atoms. The van der Waals surface area contributed by atoms with E-state index in [0.717, 1.165) is 5.69 Å². The molecule has 1 aromatic heterocycles. The lowest BCUT2D eigenvalue weighted by molar-refractivity contribution is 1.12. The fourth-order valence-electron chi connectivity index (χ4n) is 0.593. The summed E-state index contributed by atoms with van der Waals surface area (Å²) in [6.45, 7) is 0.101. The Morgan fingerprint density at radius 3 is 2.80 bits per heavy atom. The van der Waals surface area contributed by atoms with E-state index in [1.54, 1.807) is 24.5 Å². The minimum absolute atomic E-state index is 0.101. The molecule has 1 N–H and O–H groups in total. The highest BCUT2D eigenvalue weighted by Crippen LogP contribution is 2.01. The molecule has 4 nitrogen and oxygen atoms in total. The van der Waals surface area contributed by atoms with E-state index in [2.05, 4.69) is 15.5 Å². The standard InChI is InChI=1S/C6H7N3O/c10-9-5-8-6-1-3-7-4-2-6/h1-4H,5H2,(H,7,8). The Kier molecular flexibility index (Phi) is 2.37. The highest BCUT2D eigenvalue weighted by Gasteiger charge is 1.85. The van der Waals surface area contributed by atoms with Crippen molar-refractivity contribution < 1.29 is 0 Å². The molecule has 0 aliphatic carbocycles. The summed E-state index contributed by atoms with van der Waals surface area (Å²) in [5, 5.41) is 5.42. The zero-order valence-corrected chi connectivity index (χ0v) is 5.32. The molecule has 0 amide bonds. The maximum absolute atomic E-state index is 9.65. The molecule has 0 bridgehead atoms. The minimum Gasteiger partial charge on any atom is -0.363 e. The average Bonchev–Trinajstić information content (AvgIpc) is 2.03. The van der Waals surface area contributed by atoms with E-state index < -0.39 is 0 Å². The van der Waals surface area contributed by atoms with Gasteiger partial charge in [-0.25, -0.2) is 0 Å². The second-order valence-electron chi connectivity index (χ2n) is 1.70. The maximum atomic E-state index is 9.65. The van der Waals surface area contributed by atoms with Crippen LogP contribution in [0.3, 0.4) is 0 Å². The van der Waals surface area contributed by atoms with Gasteiger partial charge in [-0.3, -0.25) is 4.98 Å². The van der Waals surface area contributed by atoms with Gasteiger partial charge < -0.3 is 5.32 Å². The first kappa shape index (κ1) is 6.67. The Hall–Kier alpha value is -1.45. The lowest BCUT2D eigenvalue weighted by Gasteiger charge is -1.97. The number of pyridine rings is 1. The molecule has 4 heteroatoms. The van der Waals surface area contributed by atoms with Gasteiger partial charge in [0.05, 0.1) is 0 Å². The predicted molar refractivity (Wildman–Crippen MR) is 38.5 cm³/mol. The van der Waals surface area contributed by atoms with Gasteiger partial charge in [0.25, 0.3) is 0 Å². The lowest BCUT2D eigenvalue weighted by Crippen LogP contribution is -1.96. The summed E-state index contributed by atoms with van der Waals surface area (Å²) in [6, 6.07) is 3.54. The number of nitrogens with one attached hydrogen (secondary N) is 1. The topological polar surface area (TPSA) is 54.4 Å². The van der Waals surface area contributed by atoms with Gasteiger partial charge in [0.2, 0.25) is 0 Å². The van der Waals surface area contributed by atoms with Gasteiger partial charge in [-0.1, -0.05) is 0 Å². The highest BCUT2D eigenvalue weighted by molar-refractivity contribution is 5.40. The zero-order valence-electron chi connectivity index (χ0n) is 5.32. The summed E-state index contributed by atoms with van der Waals surface area (Å²) in [5.41, 5.74) is 0.856. The molecule has 0 aliphatic heterocycles. The van der Waals surface area contributed by atoms with E-state index in [0.29, 0.717) is 0 Å². The normalized spacial score (nSPS) is 8.80. The average molecular weight is 137 g/mol. The van der Waals surface area contributed by atoms with Gasteiger partial charge in [-0.2, -0.15) is 0 Å². The van der Waals surface area contributed by atoms with Crippen LogP contribution in [0.5, 0.6) is 0 Å². The molecular weight excluding hydrogens is 130 g/mol. The second kappa shape index (κ2) is 3.55. The lowest BCUT2D eigenvalue weighted by atomic mass is 10.4. The van der Waals surface area contributed by atoms with Gasteiger partial charge in [-0.15, -0.1) is 4.91 Å². The number of nitrogens with zero attached hydrogens (tertiary/aromatic N) is 2. The van der Waals surface area contributed by atoms with Crippen molar-refractivity contribution in [3.63, 3.8) is 0 Å². The van der Waals surface area contributed by atoms with Gasteiger partial charge in [-0.05, 0) is 17.3 Å². The van der Waals surface area contributed by atoms with Crippen LogP contribution in [0, 0.1) is 4.91 Å². The molecule has 1 aromatic rings. The van der Waals surface area contributed by atoms with E-state index in [4.69, 9.17) is 0 Å². The van der Waals surface area contributed by atoms with Gasteiger partial charge in [0.15, 0.2) is 0 Å². The van der Waals surface area contributed by atoms with Crippen LogP contribution in [0.4, 0.5) is 5.69 Å². The molecule has 0 saturated heterocycles. The summed E-state index contributed by atoms with van der Waals surface area (Å²) >= 11 is 0. The first-order valence-corrected chi connectivity index (χ1v) is 2.86. The molecule has 0 spiro atoms. The molecule has 0 radical (unpaired) electrons. The molecule has 0 fully saturated rings. The van der Waals surface area contributed by atoms with E-state index in [1.807, 2.05) is 0 Å². The van der Waals surface area contributed by atoms with Crippen molar-refractivity contribution in [3.05, 3.63) is 29.4 Å². The summed E-state index contributed by atoms with van der Waals surface area (Å²) in [6.07, 6.45) is 3.29. The summed E-state index contributed by atoms with van der Waals surface area (Å²) in [7, 11) is 0. The van der Waals surface area contributed by atoms with Gasteiger partial charge in [0, 0.05) is 18.1 Å². The first-order chi connectivity index (χ1) is 4.93. The fourth-order valence-corrected chi connectivity index (χ4v) is 0.593. The number of aromatic nitrogens is 1. The van der Waals surface area contributed by atoms with Crippen molar-refractivity contribution in [1.82, 2.24) is 4.98 Å². The Labute approximate surface area is 58.3 Å². The third-order valence-corrected chi connectivity index (χ3v) is 1.03. The van der Waals surface area contributed by atoms with Crippen LogP contribution < -0.4 is 5.32 Å². The summed E-state index contributed by atoms with van der Waals surface area (Å²) in [4.78, 5) is 13.5. The monoisotopic (exact) mass is 137 g/mol. The largest absolute Gasteiger partial charge is 0.363 e. The first-order valence-electron chi connectivity index (χ1n) is 2.86. The molecule has 1 heterocycles. The van der Waals surface area contributed by atoms with Crippen molar-refractivity contribution in [1.29, 1.82) is 0 Å². The SMILES string of the molecule is O=NCNc1ccncc1. The third kappa shape index (κ3) is 1.81. The number of hydrogen-bond acceptors (Lipinski definition) is 4. The molecule has 0 atom stereocenters. The smallest absolute Gasteiger partial charge is 0.150 e. The zero-order chi connectivity index (χ0) is 7.23. The van der Waals surface area contributed by atoms with Gasteiger partial charge >= 0.3 is 0 Å². The van der Waals surface area contributed by atoms with Gasteiger partial charge in [0.1, 0.15) is 6.67 Å².